The summed E-state index contributed by atoms with van der Waals surface area (Å²) < 4.78 is 5.42. The van der Waals surface area contributed by atoms with E-state index in [2.05, 4.69) is 45.0 Å². The maximum atomic E-state index is 5.42. The zero-order chi connectivity index (χ0) is 11.8. The van der Waals surface area contributed by atoms with E-state index >= 15 is 0 Å². The second-order valence-corrected chi connectivity index (χ2v) is 4.27. The molecular weight excluding hydrogens is 271 g/mol. The molecule has 1 rings (SSSR count). The molecule has 0 N–H and O–H groups in total. The minimum atomic E-state index is 0. The predicted octanol–water partition coefficient (Wildman–Crippen LogP) is 2.90. The number of ether oxygens (including phenoxy) is 1. The van der Waals surface area contributed by atoms with Crippen molar-refractivity contribution in [3.8, 4) is 0 Å². The monoisotopic (exact) mass is 306 g/mol. The van der Waals surface area contributed by atoms with Crippen LogP contribution in [0.4, 0.5) is 0 Å². The molecule has 1 unspecified atom stereocenters. The van der Waals surface area contributed by atoms with Crippen molar-refractivity contribution in [3.63, 3.8) is 0 Å². The smallest absolute Gasteiger partial charge is 0.384 e. The molecule has 0 aliphatic rings. The van der Waals surface area contributed by atoms with Crippen molar-refractivity contribution in [1.82, 2.24) is 0 Å². The van der Waals surface area contributed by atoms with Gasteiger partial charge in [-0.05, 0) is 29.9 Å². The fourth-order valence-electron chi connectivity index (χ4n) is 1.64. The molecule has 1 nitrogen and oxygen atoms in total. The molecule has 0 bridgehead atoms. The zero-order valence-corrected chi connectivity index (χ0v) is 14.7. The first-order valence-electron chi connectivity index (χ1n) is 6.23. The van der Waals surface area contributed by atoms with E-state index in [1.54, 1.807) is 0 Å². The Hall–Kier alpha value is 0.816. The molecule has 114 valence electrons. The summed E-state index contributed by atoms with van der Waals surface area (Å²) in [6, 6.07) is 8.92. The zero-order valence-electron chi connectivity index (χ0n) is 11.5. The van der Waals surface area contributed by atoms with Gasteiger partial charge in [0.05, 0.1) is 6.61 Å². The van der Waals surface area contributed by atoms with E-state index in [1.165, 1.54) is 17.5 Å². The molecule has 20 heavy (non-hydrogen) atoms. The molecule has 0 amide bonds. The molecule has 0 heterocycles. The molecule has 1 atom stereocenters. The number of hydrogen-bond donors (Lipinski definition) is 0. The van der Waals surface area contributed by atoms with Crippen molar-refractivity contribution in [2.24, 2.45) is 0 Å². The van der Waals surface area contributed by atoms with Crippen LogP contribution in [-0.2, 0) is 11.2 Å². The van der Waals surface area contributed by atoms with Crippen molar-refractivity contribution < 1.29 is 56.1 Å². The molecule has 1 aromatic carbocycles. The Kier molecular flexibility index (Phi) is 25.8. The Labute approximate surface area is 171 Å². The third-order valence-corrected chi connectivity index (χ3v) is 2.98. The van der Waals surface area contributed by atoms with E-state index in [-0.39, 0.29) is 73.7 Å². The van der Waals surface area contributed by atoms with E-state index in [0.29, 0.717) is 5.92 Å². The maximum absolute atomic E-state index is 5.42. The largest absolute Gasteiger partial charge is 1.00 e. The van der Waals surface area contributed by atoms with Gasteiger partial charge in [0.2, 0.25) is 0 Å². The summed E-state index contributed by atoms with van der Waals surface area (Å²) in [7, 11) is 0. The molecule has 0 spiro atoms. The van der Waals surface area contributed by atoms with Gasteiger partial charge >= 0.3 is 51.4 Å². The summed E-state index contributed by atoms with van der Waals surface area (Å²) in [6.45, 7) is 9.82. The van der Waals surface area contributed by atoms with Crippen molar-refractivity contribution in [3.05, 3.63) is 42.3 Å². The van der Waals surface area contributed by atoms with Gasteiger partial charge in [-0.2, -0.15) is 6.42 Å². The third kappa shape index (κ3) is 11.5. The first-order valence-corrected chi connectivity index (χ1v) is 6.23. The van der Waals surface area contributed by atoms with Gasteiger partial charge in [0.1, 0.15) is 0 Å². The average Bonchev–Trinajstić information content (AvgIpc) is 2.34. The molecule has 2 heteroatoms. The summed E-state index contributed by atoms with van der Waals surface area (Å²) in [4.78, 5) is 0. The topological polar surface area (TPSA) is 9.23 Å². The summed E-state index contributed by atoms with van der Waals surface area (Å²) in [5, 5.41) is 0. The first-order chi connectivity index (χ1) is 7.77. The van der Waals surface area contributed by atoms with Crippen LogP contribution in [0.2, 0.25) is 0 Å². The first kappa shape index (κ1) is 28.9. The maximum Gasteiger partial charge on any atom is 1.00 e. The van der Waals surface area contributed by atoms with Gasteiger partial charge in [0.15, 0.2) is 0 Å². The van der Waals surface area contributed by atoms with E-state index < -0.39 is 0 Å². The number of hydrogen-bond acceptors (Lipinski definition) is 1. The summed E-state index contributed by atoms with van der Waals surface area (Å²) in [5.41, 5.74) is 2.79. The Bertz CT molecular complexity index is 282. The Balaban J connectivity index is -0.000000320. The molecule has 0 fully saturated rings. The van der Waals surface area contributed by atoms with Crippen LogP contribution < -0.4 is 51.4 Å². The van der Waals surface area contributed by atoms with Gasteiger partial charge in [0.25, 0.3) is 0 Å². The number of rotatable bonds is 7. The minimum Gasteiger partial charge on any atom is -0.384 e. The normalized spacial score (nSPS) is 10.2. The summed E-state index contributed by atoms with van der Waals surface area (Å²) >= 11 is 0. The van der Waals surface area contributed by atoms with Gasteiger partial charge in [0, 0.05) is 6.61 Å². The molecular formula is C18H35KO. The quantitative estimate of drug-likeness (QED) is 0.427. The van der Waals surface area contributed by atoms with Crippen LogP contribution in [0.3, 0.4) is 0 Å². The van der Waals surface area contributed by atoms with Gasteiger partial charge in [-0.15, -0.1) is 0 Å². The Morgan fingerprint density at radius 3 is 2.05 bits per heavy atom. The van der Waals surface area contributed by atoms with Crippen LogP contribution in [-0.4, -0.2) is 13.2 Å². The van der Waals surface area contributed by atoms with Crippen molar-refractivity contribution in [1.29, 1.82) is 0 Å². The van der Waals surface area contributed by atoms with Crippen LogP contribution >= 0.6 is 0 Å². The summed E-state index contributed by atoms with van der Waals surface area (Å²) in [6.07, 6.45) is 3.06. The standard InChI is InChI=1S/C15H23O.3CH4.K/c1-4-11-16-12-10-14-6-8-15(9-7-14)13(3)5-2;;;;/h6-9,13H,1,4-5,10-12H2,2-3H3;3*1H4;/q-1;;;;+1. The van der Waals surface area contributed by atoms with E-state index in [4.69, 9.17) is 4.74 Å². The van der Waals surface area contributed by atoms with Gasteiger partial charge in [-0.1, -0.05) is 60.4 Å². The molecule has 0 aliphatic carbocycles. The van der Waals surface area contributed by atoms with Gasteiger partial charge < -0.3 is 11.7 Å². The van der Waals surface area contributed by atoms with Crippen LogP contribution in [0, 0.1) is 6.92 Å². The van der Waals surface area contributed by atoms with Crippen molar-refractivity contribution in [2.45, 2.75) is 61.3 Å². The van der Waals surface area contributed by atoms with Gasteiger partial charge in [-0.3, -0.25) is 0 Å². The van der Waals surface area contributed by atoms with E-state index in [0.717, 1.165) is 26.1 Å². The van der Waals surface area contributed by atoms with E-state index in [9.17, 15) is 0 Å². The predicted molar refractivity (Wildman–Crippen MR) is 89.8 cm³/mol. The second kappa shape index (κ2) is 17.9. The third-order valence-electron chi connectivity index (χ3n) is 2.98. The molecule has 1 aromatic rings. The van der Waals surface area contributed by atoms with Crippen LogP contribution in [0.1, 0.15) is 66.0 Å². The SMILES string of the molecule is C.C.C.[CH2-]CCOCCc1ccc(C(C)CC)cc1.[K+]. The van der Waals surface area contributed by atoms with Gasteiger partial charge in [-0.25, -0.2) is 0 Å². The summed E-state index contributed by atoms with van der Waals surface area (Å²) in [5.74, 6) is 0.663. The molecule has 0 saturated heterocycles. The fourth-order valence-corrected chi connectivity index (χ4v) is 1.64. The van der Waals surface area contributed by atoms with Crippen LogP contribution in [0.5, 0.6) is 0 Å². The van der Waals surface area contributed by atoms with Crippen molar-refractivity contribution >= 4 is 0 Å². The molecule has 0 saturated carbocycles. The molecule has 0 radical (unpaired) electrons. The average molecular weight is 307 g/mol. The fraction of sp³-hybridized carbons (Fsp3) is 0.611. The van der Waals surface area contributed by atoms with E-state index in [1.807, 2.05) is 0 Å². The Morgan fingerprint density at radius 2 is 1.60 bits per heavy atom. The van der Waals surface area contributed by atoms with Crippen molar-refractivity contribution in [2.75, 3.05) is 13.2 Å². The molecule has 0 aliphatic heterocycles. The number of benzene rings is 1. The second-order valence-electron chi connectivity index (χ2n) is 4.27. The minimum absolute atomic E-state index is 0. The Morgan fingerprint density at radius 1 is 1.05 bits per heavy atom. The van der Waals surface area contributed by atoms with Crippen LogP contribution in [0.15, 0.2) is 24.3 Å². The molecule has 0 aromatic heterocycles. The van der Waals surface area contributed by atoms with Crippen LogP contribution in [0.25, 0.3) is 0 Å².